The first kappa shape index (κ1) is 14.1. The molecule has 0 aliphatic carbocycles. The summed E-state index contributed by atoms with van der Waals surface area (Å²) in [6.45, 7) is 1.41. The number of carbonyl (C=O) groups is 1. The molecular weight excluding hydrogens is 269 g/mol. The molecule has 0 saturated carbocycles. The van der Waals surface area contributed by atoms with Gasteiger partial charge < -0.3 is 4.74 Å². The van der Waals surface area contributed by atoms with Gasteiger partial charge in [0, 0.05) is 5.56 Å². The number of ketones is 1. The molecule has 0 spiro atoms. The maximum atomic E-state index is 13.4. The molecular formula is C15H11F3O2. The predicted molar refractivity (Wildman–Crippen MR) is 67.2 cm³/mol. The Kier molecular flexibility index (Phi) is 4.08. The molecule has 0 aliphatic rings. The summed E-state index contributed by atoms with van der Waals surface area (Å²) in [5.41, 5.74) is 0.232. The first-order valence-electron chi connectivity index (χ1n) is 5.89. The van der Waals surface area contributed by atoms with E-state index in [0.29, 0.717) is 0 Å². The van der Waals surface area contributed by atoms with Gasteiger partial charge in [-0.15, -0.1) is 0 Å². The zero-order valence-corrected chi connectivity index (χ0v) is 10.6. The van der Waals surface area contributed by atoms with E-state index in [2.05, 4.69) is 0 Å². The van der Waals surface area contributed by atoms with Crippen LogP contribution in [0.15, 0.2) is 42.5 Å². The Balaban J connectivity index is 2.15. The summed E-state index contributed by atoms with van der Waals surface area (Å²) in [7, 11) is 0. The van der Waals surface area contributed by atoms with Gasteiger partial charge in [0.25, 0.3) is 0 Å². The fourth-order valence-electron chi connectivity index (χ4n) is 1.67. The van der Waals surface area contributed by atoms with E-state index < -0.39 is 29.3 Å². The Morgan fingerprint density at radius 3 is 2.35 bits per heavy atom. The Morgan fingerprint density at radius 2 is 1.70 bits per heavy atom. The van der Waals surface area contributed by atoms with Gasteiger partial charge in [-0.25, -0.2) is 8.78 Å². The lowest BCUT2D eigenvalue weighted by molar-refractivity contribution is 0.0811. The molecule has 0 amide bonds. The van der Waals surface area contributed by atoms with Crippen LogP contribution >= 0.6 is 0 Å². The van der Waals surface area contributed by atoms with Crippen LogP contribution in [0.2, 0.25) is 0 Å². The molecule has 104 valence electrons. The second-order valence-corrected chi connectivity index (χ2v) is 4.18. The SMILES string of the molecule is CC(Oc1cccc(F)c1F)C(=O)c1ccc(F)cc1. The van der Waals surface area contributed by atoms with E-state index in [4.69, 9.17) is 4.74 Å². The molecule has 0 fully saturated rings. The molecule has 0 radical (unpaired) electrons. The van der Waals surface area contributed by atoms with E-state index in [1.165, 1.54) is 31.2 Å². The zero-order valence-electron chi connectivity index (χ0n) is 10.6. The van der Waals surface area contributed by atoms with Crippen LogP contribution in [0.5, 0.6) is 5.75 Å². The molecule has 2 aromatic carbocycles. The van der Waals surface area contributed by atoms with Crippen molar-refractivity contribution in [2.24, 2.45) is 0 Å². The quantitative estimate of drug-likeness (QED) is 0.797. The summed E-state index contributed by atoms with van der Waals surface area (Å²) in [5.74, 6) is -3.46. The highest BCUT2D eigenvalue weighted by Gasteiger charge is 2.19. The number of hydrogen-bond acceptors (Lipinski definition) is 2. The van der Waals surface area contributed by atoms with E-state index >= 15 is 0 Å². The molecule has 0 N–H and O–H groups in total. The van der Waals surface area contributed by atoms with Crippen LogP contribution < -0.4 is 4.74 Å². The summed E-state index contributed by atoms with van der Waals surface area (Å²) in [6.07, 6.45) is -1.02. The van der Waals surface area contributed by atoms with E-state index in [0.717, 1.165) is 18.2 Å². The normalized spacial score (nSPS) is 12.0. The Labute approximate surface area is 113 Å². The third-order valence-corrected chi connectivity index (χ3v) is 2.72. The second kappa shape index (κ2) is 5.77. The standard InChI is InChI=1S/C15H11F3O2/c1-9(15(19)10-5-7-11(16)8-6-10)20-13-4-2-3-12(17)14(13)18/h2-9H,1H3. The van der Waals surface area contributed by atoms with Crippen molar-refractivity contribution in [2.75, 3.05) is 0 Å². The van der Waals surface area contributed by atoms with E-state index in [1.807, 2.05) is 0 Å². The fraction of sp³-hybridized carbons (Fsp3) is 0.133. The fourth-order valence-corrected chi connectivity index (χ4v) is 1.67. The predicted octanol–water partition coefficient (Wildman–Crippen LogP) is 3.75. The van der Waals surface area contributed by atoms with Crippen LogP contribution in [0.3, 0.4) is 0 Å². The van der Waals surface area contributed by atoms with E-state index in [-0.39, 0.29) is 11.3 Å². The summed E-state index contributed by atoms with van der Waals surface area (Å²) in [4.78, 5) is 12.0. The molecule has 0 aromatic heterocycles. The van der Waals surface area contributed by atoms with Crippen molar-refractivity contribution in [1.29, 1.82) is 0 Å². The van der Waals surface area contributed by atoms with E-state index in [1.54, 1.807) is 0 Å². The van der Waals surface area contributed by atoms with Crippen LogP contribution in [0, 0.1) is 17.5 Å². The van der Waals surface area contributed by atoms with Gasteiger partial charge in [-0.3, -0.25) is 4.79 Å². The van der Waals surface area contributed by atoms with Crippen molar-refractivity contribution in [3.8, 4) is 5.75 Å². The highest BCUT2D eigenvalue weighted by molar-refractivity contribution is 5.99. The lowest BCUT2D eigenvalue weighted by atomic mass is 10.1. The van der Waals surface area contributed by atoms with Gasteiger partial charge in [0.05, 0.1) is 0 Å². The number of benzene rings is 2. The summed E-state index contributed by atoms with van der Waals surface area (Å²) in [5, 5.41) is 0. The molecule has 2 aromatic rings. The van der Waals surface area contributed by atoms with Gasteiger partial charge in [-0.1, -0.05) is 6.07 Å². The molecule has 0 saturated heterocycles. The Morgan fingerprint density at radius 1 is 1.05 bits per heavy atom. The number of hydrogen-bond donors (Lipinski definition) is 0. The number of Topliss-reactive ketones (excluding diaryl/α,β-unsaturated/α-hetero) is 1. The maximum Gasteiger partial charge on any atom is 0.202 e. The summed E-state index contributed by atoms with van der Waals surface area (Å²) in [6, 6.07) is 8.36. The van der Waals surface area contributed by atoms with Gasteiger partial charge >= 0.3 is 0 Å². The molecule has 0 heterocycles. The first-order chi connectivity index (χ1) is 9.49. The lowest BCUT2D eigenvalue weighted by Crippen LogP contribution is -2.24. The molecule has 1 unspecified atom stereocenters. The number of rotatable bonds is 4. The second-order valence-electron chi connectivity index (χ2n) is 4.18. The summed E-state index contributed by atoms with van der Waals surface area (Å²) < 4.78 is 44.3. The number of carbonyl (C=O) groups excluding carboxylic acids is 1. The van der Waals surface area contributed by atoms with Crippen LogP contribution in [-0.2, 0) is 0 Å². The average Bonchev–Trinajstić information content (AvgIpc) is 2.44. The van der Waals surface area contributed by atoms with Crippen molar-refractivity contribution in [3.63, 3.8) is 0 Å². The molecule has 5 heteroatoms. The highest BCUT2D eigenvalue weighted by atomic mass is 19.2. The van der Waals surface area contributed by atoms with Crippen LogP contribution in [0.25, 0.3) is 0 Å². The molecule has 0 aliphatic heterocycles. The Hall–Kier alpha value is -2.30. The zero-order chi connectivity index (χ0) is 14.7. The minimum atomic E-state index is -1.15. The van der Waals surface area contributed by atoms with E-state index in [9.17, 15) is 18.0 Å². The van der Waals surface area contributed by atoms with Gasteiger partial charge in [0.1, 0.15) is 5.82 Å². The van der Waals surface area contributed by atoms with Gasteiger partial charge in [-0.2, -0.15) is 4.39 Å². The number of ether oxygens (including phenoxy) is 1. The topological polar surface area (TPSA) is 26.3 Å². The Bertz CT molecular complexity index is 624. The first-order valence-corrected chi connectivity index (χ1v) is 5.89. The van der Waals surface area contributed by atoms with Crippen molar-refractivity contribution in [1.82, 2.24) is 0 Å². The lowest BCUT2D eigenvalue weighted by Gasteiger charge is -2.14. The molecule has 2 nitrogen and oxygen atoms in total. The van der Waals surface area contributed by atoms with Crippen molar-refractivity contribution in [3.05, 3.63) is 65.5 Å². The van der Waals surface area contributed by atoms with Gasteiger partial charge in [0.15, 0.2) is 17.7 Å². The van der Waals surface area contributed by atoms with Crippen LogP contribution in [0.4, 0.5) is 13.2 Å². The minimum Gasteiger partial charge on any atom is -0.479 e. The van der Waals surface area contributed by atoms with Crippen molar-refractivity contribution >= 4 is 5.78 Å². The van der Waals surface area contributed by atoms with Crippen LogP contribution in [0.1, 0.15) is 17.3 Å². The molecule has 0 bridgehead atoms. The molecule has 20 heavy (non-hydrogen) atoms. The van der Waals surface area contributed by atoms with Crippen molar-refractivity contribution < 1.29 is 22.7 Å². The minimum absolute atomic E-state index is 0.232. The van der Waals surface area contributed by atoms with Crippen molar-refractivity contribution in [2.45, 2.75) is 13.0 Å². The highest BCUT2D eigenvalue weighted by Crippen LogP contribution is 2.21. The smallest absolute Gasteiger partial charge is 0.202 e. The monoisotopic (exact) mass is 280 g/mol. The van der Waals surface area contributed by atoms with Gasteiger partial charge in [-0.05, 0) is 43.3 Å². The molecule has 2 rings (SSSR count). The van der Waals surface area contributed by atoms with Gasteiger partial charge in [0.2, 0.25) is 11.6 Å². The average molecular weight is 280 g/mol. The third kappa shape index (κ3) is 2.99. The number of halogens is 3. The van der Waals surface area contributed by atoms with Crippen LogP contribution in [-0.4, -0.2) is 11.9 Å². The summed E-state index contributed by atoms with van der Waals surface area (Å²) >= 11 is 0. The molecule has 1 atom stereocenters. The largest absolute Gasteiger partial charge is 0.479 e. The third-order valence-electron chi connectivity index (χ3n) is 2.72. The maximum absolute atomic E-state index is 13.4.